The van der Waals surface area contributed by atoms with Crippen LogP contribution in [0.2, 0.25) is 0 Å². The van der Waals surface area contributed by atoms with Crippen LogP contribution in [0.4, 0.5) is 0 Å². The van der Waals surface area contributed by atoms with Gasteiger partial charge in [0.05, 0.1) is 17.9 Å². The molecule has 1 aliphatic rings. The second-order valence-electron chi connectivity index (χ2n) is 6.04. The predicted octanol–water partition coefficient (Wildman–Crippen LogP) is 1.63. The van der Waals surface area contributed by atoms with Crippen LogP contribution in [0.15, 0.2) is 17.0 Å². The third kappa shape index (κ3) is 3.67. The van der Waals surface area contributed by atoms with Crippen molar-refractivity contribution in [2.75, 3.05) is 7.11 Å². The van der Waals surface area contributed by atoms with Crippen LogP contribution in [0.1, 0.15) is 36.8 Å². The molecule has 1 fully saturated rings. The number of nitrogens with two attached hydrogens (primary N) is 1. The number of sulfonamides is 1. The number of hydrogen-bond donors (Lipinski definition) is 2. The van der Waals surface area contributed by atoms with E-state index in [0.717, 1.165) is 18.4 Å². The van der Waals surface area contributed by atoms with E-state index in [9.17, 15) is 13.2 Å². The molecule has 128 valence electrons. The first-order valence-electron chi connectivity index (χ1n) is 7.73. The Kier molecular flexibility index (Phi) is 5.31. The van der Waals surface area contributed by atoms with Gasteiger partial charge in [0, 0.05) is 6.04 Å². The quantitative estimate of drug-likeness (QED) is 0.851. The molecule has 0 radical (unpaired) electrons. The van der Waals surface area contributed by atoms with Crippen LogP contribution in [-0.2, 0) is 14.8 Å². The fourth-order valence-electron chi connectivity index (χ4n) is 3.16. The number of methoxy groups -OCH3 is 1. The summed E-state index contributed by atoms with van der Waals surface area (Å²) in [6.07, 6.45) is 3.04. The molecule has 0 bridgehead atoms. The van der Waals surface area contributed by atoms with E-state index in [0.29, 0.717) is 24.2 Å². The molecule has 1 aliphatic carbocycles. The Labute approximate surface area is 137 Å². The van der Waals surface area contributed by atoms with E-state index in [1.54, 1.807) is 20.1 Å². The molecule has 0 aliphatic heterocycles. The Bertz CT molecular complexity index is 700. The molecular formula is C16H24N2O4S. The molecule has 2 rings (SSSR count). The number of primary amides is 1. The van der Waals surface area contributed by atoms with Gasteiger partial charge in [-0.2, -0.15) is 0 Å². The highest BCUT2D eigenvalue weighted by molar-refractivity contribution is 7.89. The van der Waals surface area contributed by atoms with Crippen molar-refractivity contribution >= 4 is 15.9 Å². The van der Waals surface area contributed by atoms with Crippen molar-refractivity contribution in [2.45, 2.75) is 50.5 Å². The van der Waals surface area contributed by atoms with E-state index in [2.05, 4.69) is 4.72 Å². The number of carbonyl (C=O) groups is 1. The van der Waals surface area contributed by atoms with Crippen LogP contribution in [0, 0.1) is 19.8 Å². The fraction of sp³-hybridized carbons (Fsp3) is 0.562. The molecule has 7 heteroatoms. The van der Waals surface area contributed by atoms with E-state index in [4.69, 9.17) is 10.5 Å². The number of hydrogen-bond acceptors (Lipinski definition) is 4. The highest BCUT2D eigenvalue weighted by Gasteiger charge is 2.33. The van der Waals surface area contributed by atoms with E-state index in [1.165, 1.54) is 6.07 Å². The van der Waals surface area contributed by atoms with Crippen LogP contribution in [0.25, 0.3) is 0 Å². The normalized spacial score (nSPS) is 21.9. The van der Waals surface area contributed by atoms with Gasteiger partial charge < -0.3 is 10.5 Å². The number of carbonyl (C=O) groups excluding carboxylic acids is 1. The standard InChI is InChI=1S/C16H24N2O4S/c1-10-11(2)15(9-8-14(10)22-3)23(20,21)18-13-7-5-4-6-12(13)16(17)19/h8-9,12-13,18H,4-7H2,1-3H3,(H2,17,19). The Morgan fingerprint density at radius 3 is 2.48 bits per heavy atom. The summed E-state index contributed by atoms with van der Waals surface area (Å²) in [5, 5.41) is 0. The topological polar surface area (TPSA) is 98.5 Å². The summed E-state index contributed by atoms with van der Waals surface area (Å²) in [5.74, 6) is -0.243. The number of ether oxygens (including phenoxy) is 1. The van der Waals surface area contributed by atoms with Gasteiger partial charge in [-0.3, -0.25) is 4.79 Å². The van der Waals surface area contributed by atoms with Crippen LogP contribution in [0.3, 0.4) is 0 Å². The SMILES string of the molecule is COc1ccc(S(=O)(=O)NC2CCCCC2C(N)=O)c(C)c1C. The molecule has 1 amide bonds. The maximum atomic E-state index is 12.7. The first-order chi connectivity index (χ1) is 10.8. The van der Waals surface area contributed by atoms with Crippen molar-refractivity contribution in [1.82, 2.24) is 4.72 Å². The van der Waals surface area contributed by atoms with Crippen LogP contribution in [-0.4, -0.2) is 27.5 Å². The Hall–Kier alpha value is -1.60. The van der Waals surface area contributed by atoms with Gasteiger partial charge in [0.25, 0.3) is 0 Å². The second-order valence-corrected chi connectivity index (χ2v) is 7.72. The molecule has 6 nitrogen and oxygen atoms in total. The first kappa shape index (κ1) is 17.7. The van der Waals surface area contributed by atoms with E-state index >= 15 is 0 Å². The molecule has 23 heavy (non-hydrogen) atoms. The van der Waals surface area contributed by atoms with Gasteiger partial charge in [-0.15, -0.1) is 0 Å². The summed E-state index contributed by atoms with van der Waals surface area (Å²) in [6, 6.07) is 2.74. The van der Waals surface area contributed by atoms with Gasteiger partial charge in [-0.05, 0) is 49.9 Å². The smallest absolute Gasteiger partial charge is 0.241 e. The van der Waals surface area contributed by atoms with Gasteiger partial charge in [-0.25, -0.2) is 13.1 Å². The number of nitrogens with one attached hydrogen (secondary N) is 1. The Morgan fingerprint density at radius 1 is 1.22 bits per heavy atom. The van der Waals surface area contributed by atoms with Gasteiger partial charge in [0.2, 0.25) is 15.9 Å². The zero-order chi connectivity index (χ0) is 17.2. The average molecular weight is 340 g/mol. The van der Waals surface area contributed by atoms with E-state index < -0.39 is 27.9 Å². The van der Waals surface area contributed by atoms with Crippen LogP contribution in [0.5, 0.6) is 5.75 Å². The molecule has 0 saturated heterocycles. The lowest BCUT2D eigenvalue weighted by Crippen LogP contribution is -2.47. The molecule has 0 heterocycles. The van der Waals surface area contributed by atoms with Crippen molar-refractivity contribution in [3.8, 4) is 5.75 Å². The van der Waals surface area contributed by atoms with Gasteiger partial charge >= 0.3 is 0 Å². The minimum atomic E-state index is -3.72. The van der Waals surface area contributed by atoms with Gasteiger partial charge in [-0.1, -0.05) is 12.8 Å². The third-order valence-corrected chi connectivity index (χ3v) is 6.27. The zero-order valence-electron chi connectivity index (χ0n) is 13.8. The molecule has 3 N–H and O–H groups in total. The number of amides is 1. The maximum absolute atomic E-state index is 12.7. The molecule has 2 unspecified atom stereocenters. The predicted molar refractivity (Wildman–Crippen MR) is 87.7 cm³/mol. The fourth-order valence-corrected chi connectivity index (χ4v) is 4.77. The lowest BCUT2D eigenvalue weighted by atomic mass is 9.85. The molecular weight excluding hydrogens is 316 g/mol. The van der Waals surface area contributed by atoms with Crippen molar-refractivity contribution < 1.29 is 17.9 Å². The Morgan fingerprint density at radius 2 is 1.87 bits per heavy atom. The summed E-state index contributed by atoms with van der Waals surface area (Å²) in [5.41, 5.74) is 6.84. The largest absolute Gasteiger partial charge is 0.496 e. The molecule has 0 spiro atoms. The lowest BCUT2D eigenvalue weighted by molar-refractivity contribution is -0.123. The summed E-state index contributed by atoms with van der Waals surface area (Å²) >= 11 is 0. The first-order valence-corrected chi connectivity index (χ1v) is 9.22. The minimum Gasteiger partial charge on any atom is -0.496 e. The van der Waals surface area contributed by atoms with Crippen molar-refractivity contribution in [3.63, 3.8) is 0 Å². The second kappa shape index (κ2) is 6.88. The summed E-state index contributed by atoms with van der Waals surface area (Å²) in [7, 11) is -2.17. The number of rotatable bonds is 5. The molecule has 1 aromatic carbocycles. The molecule has 2 atom stereocenters. The van der Waals surface area contributed by atoms with E-state index in [-0.39, 0.29) is 4.90 Å². The monoisotopic (exact) mass is 340 g/mol. The number of benzene rings is 1. The Balaban J connectivity index is 2.32. The molecule has 0 aromatic heterocycles. The summed E-state index contributed by atoms with van der Waals surface area (Å²) in [4.78, 5) is 11.8. The third-order valence-electron chi connectivity index (χ3n) is 4.64. The summed E-state index contributed by atoms with van der Waals surface area (Å²) < 4.78 is 33.4. The highest BCUT2D eigenvalue weighted by atomic mass is 32.2. The maximum Gasteiger partial charge on any atom is 0.241 e. The molecule has 1 saturated carbocycles. The van der Waals surface area contributed by atoms with Gasteiger partial charge in [0.1, 0.15) is 5.75 Å². The van der Waals surface area contributed by atoms with Crippen molar-refractivity contribution in [3.05, 3.63) is 23.3 Å². The van der Waals surface area contributed by atoms with E-state index in [1.807, 2.05) is 6.92 Å². The summed E-state index contributed by atoms with van der Waals surface area (Å²) in [6.45, 7) is 3.57. The van der Waals surface area contributed by atoms with Gasteiger partial charge in [0.15, 0.2) is 0 Å². The lowest BCUT2D eigenvalue weighted by Gasteiger charge is -2.30. The molecule has 1 aromatic rings. The minimum absolute atomic E-state index is 0.213. The zero-order valence-corrected chi connectivity index (χ0v) is 14.6. The van der Waals surface area contributed by atoms with Crippen molar-refractivity contribution in [1.29, 1.82) is 0 Å². The van der Waals surface area contributed by atoms with Crippen molar-refractivity contribution in [2.24, 2.45) is 11.7 Å². The van der Waals surface area contributed by atoms with Crippen LogP contribution >= 0.6 is 0 Å². The average Bonchev–Trinajstić information content (AvgIpc) is 2.49. The highest BCUT2D eigenvalue weighted by Crippen LogP contribution is 2.29. The van der Waals surface area contributed by atoms with Crippen LogP contribution < -0.4 is 15.2 Å².